The number of nitrogens with zero attached hydrogens (tertiary/aromatic N) is 4. The van der Waals surface area contributed by atoms with Gasteiger partial charge in [0.1, 0.15) is 11.5 Å². The van der Waals surface area contributed by atoms with Crippen LogP contribution in [0.15, 0.2) is 91.5 Å². The number of nitriles is 1. The maximum atomic E-state index is 12.9. The van der Waals surface area contributed by atoms with Gasteiger partial charge in [-0.2, -0.15) is 5.26 Å². The van der Waals surface area contributed by atoms with Crippen LogP contribution in [0.3, 0.4) is 0 Å². The maximum absolute atomic E-state index is 12.9. The molecule has 6 rings (SSSR count). The predicted molar refractivity (Wildman–Crippen MR) is 147 cm³/mol. The van der Waals surface area contributed by atoms with Gasteiger partial charge in [-0.3, -0.25) is 9.97 Å². The summed E-state index contributed by atoms with van der Waals surface area (Å²) < 4.78 is 12.5. The average molecular weight is 535 g/mol. The summed E-state index contributed by atoms with van der Waals surface area (Å²) >= 11 is 0. The van der Waals surface area contributed by atoms with Crippen molar-refractivity contribution in [1.29, 1.82) is 5.26 Å². The van der Waals surface area contributed by atoms with Gasteiger partial charge in [-0.25, -0.2) is 0 Å². The van der Waals surface area contributed by atoms with E-state index in [4.69, 9.17) is 9.47 Å². The molecule has 202 valence electrons. The average Bonchev–Trinajstić information content (AvgIpc) is 3.36. The molecule has 5 atom stereocenters. The molecule has 2 aromatic heterocycles. The van der Waals surface area contributed by atoms with Gasteiger partial charge in [-0.05, 0) is 41.9 Å². The number of aromatic nitrogens is 2. The molecule has 2 aliphatic rings. The second kappa shape index (κ2) is 10.0. The zero-order chi connectivity index (χ0) is 27.9. The Bertz CT molecular complexity index is 1540. The van der Waals surface area contributed by atoms with Crippen LogP contribution >= 0.6 is 0 Å². The Balaban J connectivity index is 1.56. The molecular formula is C32H30N4O4. The Morgan fingerprint density at radius 3 is 2.48 bits per heavy atom. The fourth-order valence-electron chi connectivity index (χ4n) is 6.76. The lowest BCUT2D eigenvalue weighted by Crippen LogP contribution is -2.52. The van der Waals surface area contributed by atoms with Crippen molar-refractivity contribution in [3.63, 3.8) is 0 Å². The van der Waals surface area contributed by atoms with E-state index in [0.29, 0.717) is 41.3 Å². The third-order valence-corrected chi connectivity index (χ3v) is 8.31. The summed E-state index contributed by atoms with van der Waals surface area (Å²) in [6.45, 7) is 1.08. The van der Waals surface area contributed by atoms with E-state index >= 15 is 0 Å². The fraction of sp³-hybridized carbons (Fsp3) is 0.281. The SMILES string of the molecule is COc1cncc2c1[C@]1(O)[C@H](O)[C@H](CN(C)Cc3cccnc3)[C@@H](c3ccccc3)[C@]1(c1ccc(C#N)cc1)O2. The Hall–Kier alpha value is -4.29. The fourth-order valence-corrected chi connectivity index (χ4v) is 6.76. The van der Waals surface area contributed by atoms with Crippen LogP contribution in [0.4, 0.5) is 0 Å². The number of rotatable bonds is 7. The quantitative estimate of drug-likeness (QED) is 0.369. The lowest BCUT2D eigenvalue weighted by Gasteiger charge is -2.41. The molecule has 0 amide bonds. The van der Waals surface area contributed by atoms with Crippen molar-refractivity contribution in [3.05, 3.63) is 119 Å². The summed E-state index contributed by atoms with van der Waals surface area (Å²) in [4.78, 5) is 10.6. The van der Waals surface area contributed by atoms with Crippen LogP contribution in [-0.2, 0) is 17.7 Å². The van der Waals surface area contributed by atoms with Gasteiger partial charge in [0.25, 0.3) is 0 Å². The number of pyridine rings is 2. The summed E-state index contributed by atoms with van der Waals surface area (Å²) in [6.07, 6.45) is 5.42. The van der Waals surface area contributed by atoms with E-state index < -0.39 is 29.1 Å². The zero-order valence-electron chi connectivity index (χ0n) is 22.3. The van der Waals surface area contributed by atoms with Crippen LogP contribution in [0, 0.1) is 17.2 Å². The number of methoxy groups -OCH3 is 1. The van der Waals surface area contributed by atoms with Crippen molar-refractivity contribution in [2.45, 2.75) is 29.8 Å². The summed E-state index contributed by atoms with van der Waals surface area (Å²) in [5.74, 6) is -0.232. The van der Waals surface area contributed by atoms with Crippen molar-refractivity contribution in [1.82, 2.24) is 14.9 Å². The molecule has 8 heteroatoms. The molecule has 3 heterocycles. The van der Waals surface area contributed by atoms with E-state index in [9.17, 15) is 15.5 Å². The third-order valence-electron chi connectivity index (χ3n) is 8.31. The summed E-state index contributed by atoms with van der Waals surface area (Å²) in [7, 11) is 3.51. The van der Waals surface area contributed by atoms with E-state index in [1.165, 1.54) is 13.3 Å². The molecule has 1 aliphatic heterocycles. The van der Waals surface area contributed by atoms with Gasteiger partial charge < -0.3 is 24.6 Å². The number of hydrogen-bond acceptors (Lipinski definition) is 8. The molecule has 4 aromatic rings. The van der Waals surface area contributed by atoms with E-state index in [1.807, 2.05) is 55.7 Å². The Labute approximate surface area is 233 Å². The largest absolute Gasteiger partial charge is 0.495 e. The van der Waals surface area contributed by atoms with Crippen molar-refractivity contribution < 1.29 is 19.7 Å². The molecule has 0 bridgehead atoms. The maximum Gasteiger partial charge on any atom is 0.177 e. The first-order valence-electron chi connectivity index (χ1n) is 13.2. The van der Waals surface area contributed by atoms with Gasteiger partial charge in [0.15, 0.2) is 11.2 Å². The Kier molecular flexibility index (Phi) is 6.51. The van der Waals surface area contributed by atoms with Crippen molar-refractivity contribution in [3.8, 4) is 17.6 Å². The molecule has 0 spiro atoms. The van der Waals surface area contributed by atoms with Crippen LogP contribution in [0.5, 0.6) is 11.5 Å². The topological polar surface area (TPSA) is 112 Å². The summed E-state index contributed by atoms with van der Waals surface area (Å²) in [5.41, 5.74) is 0.162. The molecule has 2 aromatic carbocycles. The molecular weight excluding hydrogens is 504 g/mol. The second-order valence-electron chi connectivity index (χ2n) is 10.6. The third kappa shape index (κ3) is 3.78. The van der Waals surface area contributed by atoms with Crippen LogP contribution < -0.4 is 9.47 Å². The number of fused-ring (bicyclic) bond motifs is 3. The van der Waals surface area contributed by atoms with E-state index in [1.54, 1.807) is 36.7 Å². The van der Waals surface area contributed by atoms with E-state index in [-0.39, 0.29) is 0 Å². The molecule has 0 saturated heterocycles. The van der Waals surface area contributed by atoms with E-state index in [0.717, 1.165) is 11.1 Å². The second-order valence-corrected chi connectivity index (χ2v) is 10.6. The number of ether oxygens (including phenoxy) is 2. The summed E-state index contributed by atoms with van der Waals surface area (Å²) in [5, 5.41) is 34.7. The normalized spacial score (nSPS) is 26.6. The highest BCUT2D eigenvalue weighted by molar-refractivity contribution is 5.59. The molecule has 2 N–H and O–H groups in total. The van der Waals surface area contributed by atoms with Crippen LogP contribution in [0.25, 0.3) is 0 Å². The van der Waals surface area contributed by atoms with Crippen LogP contribution in [0.2, 0.25) is 0 Å². The van der Waals surface area contributed by atoms with Gasteiger partial charge in [-0.15, -0.1) is 0 Å². The Morgan fingerprint density at radius 1 is 1.02 bits per heavy atom. The van der Waals surface area contributed by atoms with Gasteiger partial charge in [0.2, 0.25) is 0 Å². The number of aliphatic hydroxyl groups is 2. The molecule has 40 heavy (non-hydrogen) atoms. The number of benzene rings is 2. The van der Waals surface area contributed by atoms with Crippen molar-refractivity contribution >= 4 is 0 Å². The lowest BCUT2D eigenvalue weighted by molar-refractivity contribution is -0.152. The highest BCUT2D eigenvalue weighted by atomic mass is 16.5. The monoisotopic (exact) mass is 534 g/mol. The molecule has 1 fully saturated rings. The molecule has 0 unspecified atom stereocenters. The minimum absolute atomic E-state index is 0.339. The first kappa shape index (κ1) is 26.0. The molecule has 8 nitrogen and oxygen atoms in total. The Morgan fingerprint density at radius 2 is 1.80 bits per heavy atom. The smallest absolute Gasteiger partial charge is 0.177 e. The van der Waals surface area contributed by atoms with E-state index in [2.05, 4.69) is 20.9 Å². The number of aliphatic hydroxyl groups excluding tert-OH is 1. The number of hydrogen-bond donors (Lipinski definition) is 2. The first-order chi connectivity index (χ1) is 19.4. The van der Waals surface area contributed by atoms with Gasteiger partial charge in [-0.1, -0.05) is 48.5 Å². The highest BCUT2D eigenvalue weighted by Gasteiger charge is 2.76. The predicted octanol–water partition coefficient (Wildman–Crippen LogP) is 3.74. The zero-order valence-corrected chi connectivity index (χ0v) is 22.3. The first-order valence-corrected chi connectivity index (χ1v) is 13.2. The van der Waals surface area contributed by atoms with Crippen molar-refractivity contribution in [2.75, 3.05) is 20.7 Å². The molecule has 0 radical (unpaired) electrons. The van der Waals surface area contributed by atoms with Gasteiger partial charge in [0.05, 0.1) is 42.8 Å². The molecule has 1 saturated carbocycles. The molecule has 1 aliphatic carbocycles. The van der Waals surface area contributed by atoms with Crippen LogP contribution in [0.1, 0.15) is 33.7 Å². The minimum atomic E-state index is -1.88. The minimum Gasteiger partial charge on any atom is -0.495 e. The standard InChI is InChI=1S/C32H30N4O4/c1-36(19-22-7-6-14-34-16-22)20-25-28(23-8-4-3-5-9-23)32(24-12-10-21(15-33)11-13-24)31(38,30(25)37)29-26(39-2)17-35-18-27(29)40-32/h3-14,16-18,25,28,30,37-38H,19-20H2,1-2H3/t25-,28-,30-,31+,32+/m1/s1. The van der Waals surface area contributed by atoms with Crippen LogP contribution in [-0.4, -0.2) is 51.9 Å². The highest BCUT2D eigenvalue weighted by Crippen LogP contribution is 2.69. The van der Waals surface area contributed by atoms with Crippen molar-refractivity contribution in [2.24, 2.45) is 5.92 Å². The van der Waals surface area contributed by atoms with Gasteiger partial charge >= 0.3 is 0 Å². The summed E-state index contributed by atoms with van der Waals surface area (Å²) in [6, 6.07) is 23.0. The van der Waals surface area contributed by atoms with Gasteiger partial charge in [0, 0.05) is 37.3 Å². The lowest BCUT2D eigenvalue weighted by atomic mass is 9.70.